The molecular formula is C30H48O4. The minimum Gasteiger partial charge on any atom is -0.480 e. The fourth-order valence-electron chi connectivity index (χ4n) is 11.6. The Kier molecular flexibility index (Phi) is 5.34. The van der Waals surface area contributed by atoms with E-state index >= 15 is 0 Å². The number of ketones is 1. The van der Waals surface area contributed by atoms with E-state index in [1.807, 2.05) is 0 Å². The minimum atomic E-state index is -1.48. The lowest BCUT2D eigenvalue weighted by molar-refractivity contribution is -0.251. The van der Waals surface area contributed by atoms with Gasteiger partial charge in [0.2, 0.25) is 0 Å². The van der Waals surface area contributed by atoms with Crippen molar-refractivity contribution in [3.63, 3.8) is 0 Å². The molecule has 0 bridgehead atoms. The summed E-state index contributed by atoms with van der Waals surface area (Å²) in [6, 6.07) is 0. The molecule has 0 amide bonds. The molecule has 5 saturated carbocycles. The SMILES string of the molecule is C[C@@H]1[C@H]2[C@H]3CC[C@@H]4[C@@]5(C)CC(O)C(=O)C(C)(C(=O)O)C5CC[C@@]4(C)[C@]3(C)CC[C@@]2(C)CC[C@H]1C. The molecular weight excluding hydrogens is 424 g/mol. The van der Waals surface area contributed by atoms with Gasteiger partial charge in [0, 0.05) is 0 Å². The van der Waals surface area contributed by atoms with E-state index in [2.05, 4.69) is 41.5 Å². The number of Topliss-reactive ketones (excluding diaryl/α,β-unsaturated/α-hetero) is 1. The van der Waals surface area contributed by atoms with Crippen LogP contribution in [-0.2, 0) is 9.59 Å². The number of carboxylic acid groups (broad SMARTS) is 1. The molecule has 0 aromatic heterocycles. The molecule has 5 rings (SSSR count). The Morgan fingerprint density at radius 2 is 1.53 bits per heavy atom. The van der Waals surface area contributed by atoms with Gasteiger partial charge in [-0.1, -0.05) is 41.5 Å². The molecule has 3 unspecified atom stereocenters. The molecule has 12 atom stereocenters. The summed E-state index contributed by atoms with van der Waals surface area (Å²) < 4.78 is 0. The van der Waals surface area contributed by atoms with Crippen LogP contribution in [0, 0.1) is 62.6 Å². The zero-order valence-corrected chi connectivity index (χ0v) is 22.6. The zero-order valence-electron chi connectivity index (χ0n) is 22.6. The van der Waals surface area contributed by atoms with E-state index in [4.69, 9.17) is 0 Å². The molecule has 0 spiro atoms. The van der Waals surface area contributed by atoms with Gasteiger partial charge in [-0.15, -0.1) is 0 Å². The summed E-state index contributed by atoms with van der Waals surface area (Å²) in [4.78, 5) is 25.5. The first-order valence-electron chi connectivity index (χ1n) is 14.1. The van der Waals surface area contributed by atoms with Gasteiger partial charge in [-0.25, -0.2) is 0 Å². The molecule has 0 radical (unpaired) electrons. The quantitative estimate of drug-likeness (QED) is 0.436. The van der Waals surface area contributed by atoms with E-state index in [1.54, 1.807) is 6.92 Å². The second kappa shape index (κ2) is 7.33. The third kappa shape index (κ3) is 2.76. The van der Waals surface area contributed by atoms with Crippen molar-refractivity contribution >= 4 is 11.8 Å². The lowest BCUT2D eigenvalue weighted by Crippen LogP contribution is -2.69. The molecule has 5 aliphatic carbocycles. The van der Waals surface area contributed by atoms with Gasteiger partial charge in [-0.2, -0.15) is 0 Å². The average molecular weight is 473 g/mol. The van der Waals surface area contributed by atoms with Crippen molar-refractivity contribution in [1.82, 2.24) is 0 Å². The van der Waals surface area contributed by atoms with Gasteiger partial charge >= 0.3 is 5.97 Å². The number of aliphatic hydroxyl groups excluding tert-OH is 1. The summed E-state index contributed by atoms with van der Waals surface area (Å²) in [5.74, 6) is 1.65. The van der Waals surface area contributed by atoms with Crippen LogP contribution in [0.5, 0.6) is 0 Å². The highest BCUT2D eigenvalue weighted by atomic mass is 16.4. The smallest absolute Gasteiger partial charge is 0.317 e. The van der Waals surface area contributed by atoms with Crippen LogP contribution >= 0.6 is 0 Å². The van der Waals surface area contributed by atoms with Gasteiger partial charge in [0.25, 0.3) is 0 Å². The summed E-state index contributed by atoms with van der Waals surface area (Å²) in [6.07, 6.45) is 8.65. The van der Waals surface area contributed by atoms with Crippen molar-refractivity contribution in [3.8, 4) is 0 Å². The molecule has 4 heteroatoms. The van der Waals surface area contributed by atoms with Crippen LogP contribution in [0.1, 0.15) is 106 Å². The summed E-state index contributed by atoms with van der Waals surface area (Å²) in [6.45, 7) is 16.5. The molecule has 5 fully saturated rings. The molecule has 5 aliphatic rings. The third-order valence-electron chi connectivity index (χ3n) is 13.9. The molecule has 0 saturated heterocycles. The van der Waals surface area contributed by atoms with E-state index in [0.29, 0.717) is 23.7 Å². The molecule has 192 valence electrons. The van der Waals surface area contributed by atoms with E-state index in [-0.39, 0.29) is 22.2 Å². The van der Waals surface area contributed by atoms with Gasteiger partial charge < -0.3 is 10.2 Å². The molecule has 0 heterocycles. The lowest BCUT2D eigenvalue weighted by atomic mass is 9.31. The second-order valence-corrected chi connectivity index (χ2v) is 14.8. The maximum absolute atomic E-state index is 13.0. The molecule has 0 aromatic rings. The molecule has 4 nitrogen and oxygen atoms in total. The maximum atomic E-state index is 13.0. The van der Waals surface area contributed by atoms with Crippen LogP contribution in [0.4, 0.5) is 0 Å². The Morgan fingerprint density at radius 3 is 2.18 bits per heavy atom. The van der Waals surface area contributed by atoms with Crippen molar-refractivity contribution in [2.24, 2.45) is 62.6 Å². The highest BCUT2D eigenvalue weighted by molar-refractivity contribution is 6.06. The fourth-order valence-corrected chi connectivity index (χ4v) is 11.6. The lowest BCUT2D eigenvalue weighted by Gasteiger charge is -2.73. The molecule has 34 heavy (non-hydrogen) atoms. The number of aliphatic hydroxyl groups is 1. The first-order chi connectivity index (χ1) is 15.7. The van der Waals surface area contributed by atoms with Gasteiger partial charge in [0.15, 0.2) is 5.78 Å². The number of aliphatic carboxylic acids is 1. The van der Waals surface area contributed by atoms with E-state index in [1.165, 1.54) is 32.1 Å². The normalized spacial score (nSPS) is 59.3. The number of fused-ring (bicyclic) bond motifs is 7. The summed E-state index contributed by atoms with van der Waals surface area (Å²) in [5.41, 5.74) is -1.01. The van der Waals surface area contributed by atoms with Crippen LogP contribution in [0.2, 0.25) is 0 Å². The number of hydrogen-bond donors (Lipinski definition) is 2. The third-order valence-corrected chi connectivity index (χ3v) is 13.9. The van der Waals surface area contributed by atoms with Crippen molar-refractivity contribution in [3.05, 3.63) is 0 Å². The largest absolute Gasteiger partial charge is 0.480 e. The molecule has 2 N–H and O–H groups in total. The fraction of sp³-hybridized carbons (Fsp3) is 0.933. The first-order valence-corrected chi connectivity index (χ1v) is 14.1. The van der Waals surface area contributed by atoms with Crippen molar-refractivity contribution < 1.29 is 19.8 Å². The van der Waals surface area contributed by atoms with Crippen molar-refractivity contribution in [2.45, 2.75) is 112 Å². The van der Waals surface area contributed by atoms with Crippen LogP contribution in [-0.4, -0.2) is 28.1 Å². The Morgan fingerprint density at radius 1 is 0.853 bits per heavy atom. The topological polar surface area (TPSA) is 74.6 Å². The van der Waals surface area contributed by atoms with Gasteiger partial charge in [0.1, 0.15) is 11.5 Å². The predicted molar refractivity (Wildman–Crippen MR) is 133 cm³/mol. The average Bonchev–Trinajstić information content (AvgIpc) is 2.76. The van der Waals surface area contributed by atoms with Gasteiger partial charge in [0.05, 0.1) is 0 Å². The number of hydrogen-bond acceptors (Lipinski definition) is 3. The number of carboxylic acids is 1. The summed E-state index contributed by atoms with van der Waals surface area (Å²) in [5, 5.41) is 21.1. The summed E-state index contributed by atoms with van der Waals surface area (Å²) >= 11 is 0. The van der Waals surface area contributed by atoms with E-state index in [0.717, 1.165) is 37.0 Å². The number of carbonyl (C=O) groups is 2. The minimum absolute atomic E-state index is 0.114. The van der Waals surface area contributed by atoms with Crippen LogP contribution in [0.25, 0.3) is 0 Å². The zero-order chi connectivity index (χ0) is 25.1. The highest BCUT2D eigenvalue weighted by Gasteiger charge is 2.72. The molecule has 0 aliphatic heterocycles. The summed E-state index contributed by atoms with van der Waals surface area (Å²) in [7, 11) is 0. The van der Waals surface area contributed by atoms with Crippen LogP contribution in [0.15, 0.2) is 0 Å². The number of carbonyl (C=O) groups excluding carboxylic acids is 1. The Balaban J connectivity index is 1.57. The second-order valence-electron chi connectivity index (χ2n) is 14.8. The Bertz CT molecular complexity index is 898. The van der Waals surface area contributed by atoms with Crippen LogP contribution < -0.4 is 0 Å². The predicted octanol–water partition coefficient (Wildman–Crippen LogP) is 6.35. The van der Waals surface area contributed by atoms with E-state index < -0.39 is 23.3 Å². The maximum Gasteiger partial charge on any atom is 0.317 e. The van der Waals surface area contributed by atoms with Crippen molar-refractivity contribution in [2.75, 3.05) is 0 Å². The monoisotopic (exact) mass is 472 g/mol. The first kappa shape index (κ1) is 24.8. The van der Waals surface area contributed by atoms with Gasteiger partial charge in [-0.3, -0.25) is 9.59 Å². The number of rotatable bonds is 1. The Labute approximate surface area is 206 Å². The van der Waals surface area contributed by atoms with Crippen molar-refractivity contribution in [1.29, 1.82) is 0 Å². The Hall–Kier alpha value is -0.900. The highest BCUT2D eigenvalue weighted by Crippen LogP contribution is 2.76. The standard InChI is InChI=1S/C30H48O4/c1-17-10-12-26(3)14-15-28(5)19(23(26)18(17)2)8-9-21-27(4)16-20(31)24(32)30(7,25(33)34)22(27)11-13-29(21,28)6/h17-23,31H,8-16H2,1-7H3,(H,33,34)/t17-,18+,19-,20?,21-,22?,23+,26-,27-,28-,29-,30?/m1/s1. The molecule has 0 aromatic carbocycles. The van der Waals surface area contributed by atoms with E-state index in [9.17, 15) is 19.8 Å². The van der Waals surface area contributed by atoms with Gasteiger partial charge in [-0.05, 0) is 122 Å². The van der Waals surface area contributed by atoms with Crippen LogP contribution in [0.3, 0.4) is 0 Å².